The van der Waals surface area contributed by atoms with Crippen LogP contribution in [0, 0.1) is 11.3 Å². The number of thiazole rings is 1. The minimum atomic E-state index is -0.961. The molecule has 3 fully saturated rings. The molecule has 1 aliphatic carbocycles. The van der Waals surface area contributed by atoms with Crippen LogP contribution in [0.4, 0.5) is 0 Å². The maximum atomic E-state index is 12.7. The first-order valence-corrected chi connectivity index (χ1v) is 9.64. The fourth-order valence-corrected chi connectivity index (χ4v) is 4.63. The molecule has 1 aromatic heterocycles. The summed E-state index contributed by atoms with van der Waals surface area (Å²) in [6.45, 7) is 1.77. The molecule has 2 aliphatic heterocycles. The predicted octanol–water partition coefficient (Wildman–Crippen LogP) is 1.46. The third kappa shape index (κ3) is 3.03. The van der Waals surface area contributed by atoms with E-state index in [-0.39, 0.29) is 23.1 Å². The lowest BCUT2D eigenvalue weighted by Crippen LogP contribution is -2.45. The maximum absolute atomic E-state index is 12.7. The van der Waals surface area contributed by atoms with Crippen LogP contribution in [0.2, 0.25) is 0 Å². The number of nitrogens with zero attached hydrogens (tertiary/aromatic N) is 3. The van der Waals surface area contributed by atoms with Crippen molar-refractivity contribution in [1.82, 2.24) is 14.8 Å². The number of piperidine rings is 1. The van der Waals surface area contributed by atoms with Gasteiger partial charge in [-0.1, -0.05) is 0 Å². The first-order valence-electron chi connectivity index (χ1n) is 8.70. The fourth-order valence-electron chi connectivity index (χ4n) is 4.11. The summed E-state index contributed by atoms with van der Waals surface area (Å²) < 4.78 is 0. The average molecular weight is 363 g/mol. The van der Waals surface area contributed by atoms with Crippen LogP contribution in [-0.4, -0.2) is 63.4 Å². The van der Waals surface area contributed by atoms with Gasteiger partial charge in [-0.3, -0.25) is 9.59 Å². The van der Waals surface area contributed by atoms with E-state index in [9.17, 15) is 19.5 Å². The van der Waals surface area contributed by atoms with Crippen molar-refractivity contribution in [3.05, 3.63) is 16.6 Å². The van der Waals surface area contributed by atoms with E-state index >= 15 is 0 Å². The smallest absolute Gasteiger partial charge is 0.326 e. The number of likely N-dealkylation sites (tertiary alicyclic amines) is 2. The summed E-state index contributed by atoms with van der Waals surface area (Å²) >= 11 is 1.33. The number of carbonyl (C=O) groups excluding carboxylic acids is 2. The molecular weight excluding hydrogens is 342 g/mol. The van der Waals surface area contributed by atoms with Crippen LogP contribution in [0.15, 0.2) is 10.9 Å². The second-order valence-electron chi connectivity index (χ2n) is 7.46. The lowest BCUT2D eigenvalue weighted by Gasteiger charge is -2.39. The molecule has 0 radical (unpaired) electrons. The number of carboxylic acid groups (broad SMARTS) is 1. The van der Waals surface area contributed by atoms with E-state index in [1.807, 2.05) is 4.90 Å². The molecular formula is C17H21N3O4S. The second-order valence-corrected chi connectivity index (χ2v) is 8.18. The van der Waals surface area contributed by atoms with Crippen LogP contribution in [-0.2, 0) is 9.59 Å². The van der Waals surface area contributed by atoms with Gasteiger partial charge in [0.1, 0.15) is 11.7 Å². The quantitative estimate of drug-likeness (QED) is 0.878. The molecule has 3 aliphatic rings. The molecule has 2 amide bonds. The number of carboxylic acids is 1. The molecule has 0 aromatic carbocycles. The van der Waals surface area contributed by atoms with Crippen molar-refractivity contribution in [2.24, 2.45) is 11.3 Å². The van der Waals surface area contributed by atoms with Gasteiger partial charge in [-0.05, 0) is 37.5 Å². The Bertz CT molecular complexity index is 693. The van der Waals surface area contributed by atoms with E-state index in [1.54, 1.807) is 10.9 Å². The van der Waals surface area contributed by atoms with Crippen LogP contribution in [0.25, 0.3) is 0 Å². The van der Waals surface area contributed by atoms with E-state index in [4.69, 9.17) is 0 Å². The normalized spacial score (nSPS) is 25.4. The van der Waals surface area contributed by atoms with Crippen molar-refractivity contribution in [3.63, 3.8) is 0 Å². The average Bonchev–Trinajstić information content (AvgIpc) is 3.17. The molecule has 134 valence electrons. The summed E-state index contributed by atoms with van der Waals surface area (Å²) in [7, 11) is 0. The molecule has 0 bridgehead atoms. The molecule has 2 saturated heterocycles. The van der Waals surface area contributed by atoms with Crippen LogP contribution in [0.5, 0.6) is 0 Å². The van der Waals surface area contributed by atoms with Gasteiger partial charge < -0.3 is 14.9 Å². The Morgan fingerprint density at radius 2 is 1.96 bits per heavy atom. The van der Waals surface area contributed by atoms with Crippen molar-refractivity contribution in [2.75, 3.05) is 19.6 Å². The molecule has 1 saturated carbocycles. The molecule has 1 aromatic rings. The van der Waals surface area contributed by atoms with Gasteiger partial charge in [0.15, 0.2) is 0 Å². The second kappa shape index (κ2) is 6.09. The zero-order valence-electron chi connectivity index (χ0n) is 13.9. The standard InChI is InChI=1S/C17H21N3O4S/c21-14(11-1-2-11)19-5-3-17(4-6-19)7-13(16(23)24)20(9-17)15(22)12-8-25-10-18-12/h8,10-11,13H,1-7,9H2,(H,23,24). The van der Waals surface area contributed by atoms with Gasteiger partial charge in [-0.15, -0.1) is 11.3 Å². The summed E-state index contributed by atoms with van der Waals surface area (Å²) in [5, 5.41) is 11.2. The molecule has 8 heteroatoms. The van der Waals surface area contributed by atoms with Gasteiger partial charge in [-0.2, -0.15) is 0 Å². The monoisotopic (exact) mass is 363 g/mol. The molecule has 1 N–H and O–H groups in total. The van der Waals surface area contributed by atoms with Crippen molar-refractivity contribution in [3.8, 4) is 0 Å². The van der Waals surface area contributed by atoms with Gasteiger partial charge in [0.2, 0.25) is 5.91 Å². The minimum Gasteiger partial charge on any atom is -0.480 e. The molecule has 1 atom stereocenters. The Hall–Kier alpha value is -1.96. The van der Waals surface area contributed by atoms with Gasteiger partial charge in [0.05, 0.1) is 5.51 Å². The molecule has 4 rings (SSSR count). The largest absolute Gasteiger partial charge is 0.480 e. The van der Waals surface area contributed by atoms with E-state index in [2.05, 4.69) is 4.98 Å². The highest BCUT2D eigenvalue weighted by Gasteiger charge is 2.51. The lowest BCUT2D eigenvalue weighted by atomic mass is 9.76. The van der Waals surface area contributed by atoms with Crippen molar-refractivity contribution in [1.29, 1.82) is 0 Å². The Kier molecular flexibility index (Phi) is 4.02. The zero-order valence-corrected chi connectivity index (χ0v) is 14.7. The Balaban J connectivity index is 1.47. The first kappa shape index (κ1) is 16.5. The van der Waals surface area contributed by atoms with Crippen molar-refractivity contribution in [2.45, 2.75) is 38.1 Å². The fraction of sp³-hybridized carbons (Fsp3) is 0.647. The summed E-state index contributed by atoms with van der Waals surface area (Å²) in [6.07, 6.45) is 3.98. The van der Waals surface area contributed by atoms with Crippen LogP contribution >= 0.6 is 11.3 Å². The van der Waals surface area contributed by atoms with Crippen LogP contribution < -0.4 is 0 Å². The van der Waals surface area contributed by atoms with Gasteiger partial charge >= 0.3 is 5.97 Å². The predicted molar refractivity (Wildman–Crippen MR) is 90.2 cm³/mol. The Morgan fingerprint density at radius 1 is 1.24 bits per heavy atom. The molecule has 3 heterocycles. The summed E-state index contributed by atoms with van der Waals surface area (Å²) in [6, 6.07) is -0.806. The van der Waals surface area contributed by atoms with Crippen LogP contribution in [0.1, 0.15) is 42.6 Å². The van der Waals surface area contributed by atoms with E-state index in [1.165, 1.54) is 16.2 Å². The van der Waals surface area contributed by atoms with Crippen LogP contribution in [0.3, 0.4) is 0 Å². The number of amides is 2. The topological polar surface area (TPSA) is 90.8 Å². The summed E-state index contributed by atoms with van der Waals surface area (Å²) in [4.78, 5) is 44.0. The highest BCUT2D eigenvalue weighted by Crippen LogP contribution is 2.44. The summed E-state index contributed by atoms with van der Waals surface area (Å²) in [5.74, 6) is -0.802. The zero-order chi connectivity index (χ0) is 17.6. The third-order valence-electron chi connectivity index (χ3n) is 5.77. The van der Waals surface area contributed by atoms with Crippen molar-refractivity contribution >= 4 is 29.1 Å². The van der Waals surface area contributed by atoms with E-state index in [0.29, 0.717) is 31.7 Å². The molecule has 25 heavy (non-hydrogen) atoms. The lowest BCUT2D eigenvalue weighted by molar-refractivity contribution is -0.141. The highest BCUT2D eigenvalue weighted by atomic mass is 32.1. The maximum Gasteiger partial charge on any atom is 0.326 e. The third-order valence-corrected chi connectivity index (χ3v) is 6.35. The van der Waals surface area contributed by atoms with Gasteiger partial charge in [0, 0.05) is 30.9 Å². The SMILES string of the molecule is O=C(O)C1CC2(CCN(C(=O)C3CC3)CC2)CN1C(=O)c1cscn1. The number of carbonyl (C=O) groups is 3. The Labute approximate surface area is 149 Å². The van der Waals surface area contributed by atoms with Gasteiger partial charge in [0.25, 0.3) is 5.91 Å². The number of hydrogen-bond acceptors (Lipinski definition) is 5. The van der Waals surface area contributed by atoms with Crippen molar-refractivity contribution < 1.29 is 19.5 Å². The Morgan fingerprint density at radius 3 is 2.52 bits per heavy atom. The van der Waals surface area contributed by atoms with Gasteiger partial charge in [-0.25, -0.2) is 9.78 Å². The number of aromatic nitrogens is 1. The molecule has 1 spiro atoms. The number of aliphatic carboxylic acids is 1. The minimum absolute atomic E-state index is 0.199. The molecule has 1 unspecified atom stereocenters. The molecule has 7 nitrogen and oxygen atoms in total. The van der Waals surface area contributed by atoms with E-state index < -0.39 is 12.0 Å². The highest BCUT2D eigenvalue weighted by molar-refractivity contribution is 7.07. The summed E-state index contributed by atoms with van der Waals surface area (Å²) in [5.41, 5.74) is 1.70. The number of rotatable bonds is 3. The first-order chi connectivity index (χ1) is 12.0. The van der Waals surface area contributed by atoms with E-state index in [0.717, 1.165) is 25.7 Å². The number of hydrogen-bond donors (Lipinski definition) is 1.